The lowest BCUT2D eigenvalue weighted by Crippen LogP contribution is -2.08. The molecule has 1 heterocycles. The molecular weight excluding hydrogens is 402 g/mol. The van der Waals surface area contributed by atoms with E-state index in [1.54, 1.807) is 32.3 Å². The Kier molecular flexibility index (Phi) is 5.52. The lowest BCUT2D eigenvalue weighted by atomic mass is 10.0. The van der Waals surface area contributed by atoms with Crippen molar-refractivity contribution >= 4 is 27.1 Å². The minimum absolute atomic E-state index is 0.0981. The van der Waals surface area contributed by atoms with Gasteiger partial charge in [0, 0.05) is 20.2 Å². The summed E-state index contributed by atoms with van der Waals surface area (Å²) >= 11 is 0. The van der Waals surface area contributed by atoms with Crippen molar-refractivity contribution in [1.29, 1.82) is 0 Å². The van der Waals surface area contributed by atoms with Gasteiger partial charge in [-0.2, -0.15) is 8.42 Å². The van der Waals surface area contributed by atoms with Crippen molar-refractivity contribution in [1.82, 2.24) is 5.01 Å². The van der Waals surface area contributed by atoms with Gasteiger partial charge in [-0.05, 0) is 29.8 Å². The second-order valence-electron chi connectivity index (χ2n) is 6.07. The lowest BCUT2D eigenvalue weighted by Gasteiger charge is -2.08. The first kappa shape index (κ1) is 20.3. The average molecular weight is 419 g/mol. The average Bonchev–Trinajstić information content (AvgIpc) is 2.65. The molecule has 0 aliphatic carbocycles. The molecule has 1 N–H and O–H groups in total. The number of fused-ring (bicyclic) bond motifs is 1. The first-order valence-electron chi connectivity index (χ1n) is 8.18. The molecule has 3 rings (SSSR count). The van der Waals surface area contributed by atoms with Gasteiger partial charge in [0.25, 0.3) is 0 Å². The van der Waals surface area contributed by atoms with Crippen molar-refractivity contribution in [2.24, 2.45) is 10.3 Å². The molecule has 0 bridgehead atoms. The highest BCUT2D eigenvalue weighted by Gasteiger charge is 2.14. The van der Waals surface area contributed by atoms with E-state index in [2.05, 4.69) is 14.5 Å². The lowest BCUT2D eigenvalue weighted by molar-refractivity contribution is 0.386. The van der Waals surface area contributed by atoms with Gasteiger partial charge in [-0.3, -0.25) is 14.4 Å². The summed E-state index contributed by atoms with van der Waals surface area (Å²) in [6, 6.07) is 8.76. The molecule has 0 spiro atoms. The van der Waals surface area contributed by atoms with E-state index in [4.69, 9.17) is 13.7 Å². The van der Waals surface area contributed by atoms with Crippen LogP contribution in [0.3, 0.4) is 0 Å². The molecule has 0 atom stereocenters. The third-order valence-corrected chi connectivity index (χ3v) is 4.17. The zero-order chi connectivity index (χ0) is 21.2. The third kappa shape index (κ3) is 4.70. The highest BCUT2D eigenvalue weighted by molar-refractivity contribution is 7.81. The van der Waals surface area contributed by atoms with E-state index in [1.807, 2.05) is 0 Å². The zero-order valence-electron chi connectivity index (χ0n) is 15.7. The van der Waals surface area contributed by atoms with Crippen molar-refractivity contribution in [3.05, 3.63) is 52.9 Å². The van der Waals surface area contributed by atoms with Gasteiger partial charge >= 0.3 is 10.4 Å². The van der Waals surface area contributed by atoms with Crippen molar-refractivity contribution < 1.29 is 26.3 Å². The van der Waals surface area contributed by atoms with Gasteiger partial charge in [0.15, 0.2) is 5.43 Å². The van der Waals surface area contributed by atoms with E-state index in [-0.39, 0.29) is 27.7 Å². The van der Waals surface area contributed by atoms with Gasteiger partial charge in [-0.15, -0.1) is 5.11 Å². The van der Waals surface area contributed by atoms with E-state index in [0.717, 1.165) is 0 Å². The van der Waals surface area contributed by atoms with Crippen LogP contribution < -0.4 is 14.3 Å². The van der Waals surface area contributed by atoms with E-state index < -0.39 is 10.4 Å². The molecule has 0 fully saturated rings. The van der Waals surface area contributed by atoms with E-state index in [9.17, 15) is 13.2 Å². The summed E-state index contributed by atoms with van der Waals surface area (Å²) in [5, 5.41) is 9.76. The Morgan fingerprint density at radius 2 is 1.90 bits per heavy atom. The molecule has 2 aromatic carbocycles. The highest BCUT2D eigenvalue weighted by atomic mass is 32.3. The Morgan fingerprint density at radius 3 is 2.55 bits per heavy atom. The number of rotatable bonds is 6. The smallest absolute Gasteiger partial charge is 0.446 e. The molecule has 0 aliphatic rings. The molecule has 0 unspecified atom stereocenters. The molecule has 0 aliphatic heterocycles. The van der Waals surface area contributed by atoms with Gasteiger partial charge in [-0.25, -0.2) is 0 Å². The molecule has 29 heavy (non-hydrogen) atoms. The van der Waals surface area contributed by atoms with Crippen LogP contribution in [0.15, 0.2) is 62.2 Å². The van der Waals surface area contributed by atoms with Gasteiger partial charge in [-0.1, -0.05) is 11.3 Å². The Morgan fingerprint density at radius 1 is 1.14 bits per heavy atom. The summed E-state index contributed by atoms with van der Waals surface area (Å²) in [4.78, 5) is 12.9. The summed E-state index contributed by atoms with van der Waals surface area (Å²) in [6.07, 6.45) is 1.25. The maximum Gasteiger partial charge on any atom is 0.446 e. The summed E-state index contributed by atoms with van der Waals surface area (Å²) in [5.74, 6) is 0.295. The van der Waals surface area contributed by atoms with Crippen LogP contribution in [0.4, 0.5) is 5.69 Å². The Balaban J connectivity index is 2.08. The van der Waals surface area contributed by atoms with Crippen LogP contribution in [0.2, 0.25) is 0 Å². The number of nitrogens with zero attached hydrogens (tertiary/aromatic N) is 3. The third-order valence-electron chi connectivity index (χ3n) is 3.77. The van der Waals surface area contributed by atoms with Crippen LogP contribution in [0, 0.1) is 0 Å². The molecule has 1 aromatic heterocycles. The maximum atomic E-state index is 12.9. The summed E-state index contributed by atoms with van der Waals surface area (Å²) in [6.45, 7) is 0. The van der Waals surface area contributed by atoms with Gasteiger partial charge < -0.3 is 13.3 Å². The Labute approximate surface area is 165 Å². The van der Waals surface area contributed by atoms with Crippen LogP contribution in [-0.4, -0.2) is 39.2 Å². The molecule has 10 nitrogen and oxygen atoms in total. The predicted molar refractivity (Wildman–Crippen MR) is 105 cm³/mol. The normalized spacial score (nSPS) is 11.7. The topological polar surface area (TPSA) is 131 Å². The number of hydrogen-bond acceptors (Lipinski definition) is 8. The number of hydrogen-bond donors (Lipinski definition) is 1. The van der Waals surface area contributed by atoms with Crippen LogP contribution >= 0.6 is 0 Å². The fourth-order valence-corrected chi connectivity index (χ4v) is 2.90. The number of benzene rings is 2. The first-order valence-corrected chi connectivity index (χ1v) is 9.54. The molecular formula is C18H17N3O7S. The molecule has 152 valence electrons. The predicted octanol–water partition coefficient (Wildman–Crippen LogP) is 3.21. The minimum Gasteiger partial charge on any atom is -0.494 e. The van der Waals surface area contributed by atoms with Crippen molar-refractivity contribution in [3.63, 3.8) is 0 Å². The van der Waals surface area contributed by atoms with Gasteiger partial charge in [0.2, 0.25) is 0 Å². The summed E-state index contributed by atoms with van der Waals surface area (Å²) in [5.41, 5.74) is 0.985. The largest absolute Gasteiger partial charge is 0.494 e. The van der Waals surface area contributed by atoms with Crippen molar-refractivity contribution in [2.75, 3.05) is 21.2 Å². The Hall–Kier alpha value is -3.44. The number of ether oxygens (including phenoxy) is 1. The molecule has 3 aromatic rings. The van der Waals surface area contributed by atoms with E-state index in [0.29, 0.717) is 17.0 Å². The van der Waals surface area contributed by atoms with Crippen LogP contribution in [0.5, 0.6) is 11.5 Å². The summed E-state index contributed by atoms with van der Waals surface area (Å²) in [7, 11) is 0.256. The first-order chi connectivity index (χ1) is 13.7. The monoisotopic (exact) mass is 419 g/mol. The fourth-order valence-electron chi connectivity index (χ4n) is 2.55. The highest BCUT2D eigenvalue weighted by Crippen LogP contribution is 2.33. The van der Waals surface area contributed by atoms with Gasteiger partial charge in [0.05, 0.1) is 18.1 Å². The van der Waals surface area contributed by atoms with E-state index >= 15 is 0 Å². The fraction of sp³-hybridized carbons (Fsp3) is 0.167. The Bertz CT molecular complexity index is 1250. The zero-order valence-corrected chi connectivity index (χ0v) is 16.5. The maximum absolute atomic E-state index is 12.9. The molecule has 0 amide bonds. The molecule has 0 saturated heterocycles. The minimum atomic E-state index is -4.68. The molecule has 11 heteroatoms. The second-order valence-corrected chi connectivity index (χ2v) is 7.09. The van der Waals surface area contributed by atoms with Crippen LogP contribution in [-0.2, 0) is 10.4 Å². The standard InChI is InChI=1S/C18H17N3O7S/c1-21(2)20-19-15-8-11(4-7-16(15)26-3)14-10-27-17-9-12(28-29(23,24)25)5-6-13(17)18(14)22/h4-10H,1-3H3,(H,23,24,25). The summed E-state index contributed by atoms with van der Waals surface area (Å²) < 4.78 is 45.6. The van der Waals surface area contributed by atoms with Gasteiger partial charge in [0.1, 0.15) is 29.0 Å². The SMILES string of the molecule is COc1ccc(-c2coc3cc(OS(=O)(=O)O)ccc3c2=O)cc1N=NN(C)C. The van der Waals surface area contributed by atoms with Crippen LogP contribution in [0.1, 0.15) is 0 Å². The van der Waals surface area contributed by atoms with Crippen molar-refractivity contribution in [2.45, 2.75) is 0 Å². The number of methoxy groups -OCH3 is 1. The van der Waals surface area contributed by atoms with Crippen molar-refractivity contribution in [3.8, 4) is 22.6 Å². The molecule has 0 radical (unpaired) electrons. The quantitative estimate of drug-likeness (QED) is 0.366. The van der Waals surface area contributed by atoms with E-state index in [1.165, 1.54) is 36.6 Å². The second kappa shape index (κ2) is 7.89. The van der Waals surface area contributed by atoms with Crippen LogP contribution in [0.25, 0.3) is 22.1 Å². The molecule has 0 saturated carbocycles.